The van der Waals surface area contributed by atoms with Gasteiger partial charge in [0, 0.05) is 15.8 Å². The zero-order valence-electron chi connectivity index (χ0n) is 16.3. The fourth-order valence-corrected chi connectivity index (χ4v) is 5.08. The van der Waals surface area contributed by atoms with E-state index in [0.717, 1.165) is 0 Å². The first kappa shape index (κ1) is 21.6. The molecule has 4 rings (SSSR count). The minimum absolute atomic E-state index is 0.0569. The molecule has 0 saturated carbocycles. The molecule has 10 heteroatoms. The van der Waals surface area contributed by atoms with Crippen LogP contribution in [0.15, 0.2) is 52.1 Å². The fourth-order valence-electron chi connectivity index (χ4n) is 2.86. The molecule has 0 bridgehead atoms. The van der Waals surface area contributed by atoms with Gasteiger partial charge in [0.25, 0.3) is 11.1 Å². The number of thiophene rings is 1. The van der Waals surface area contributed by atoms with Crippen LogP contribution in [0.1, 0.15) is 28.0 Å². The average molecular weight is 479 g/mol. The van der Waals surface area contributed by atoms with Crippen LogP contribution in [0.4, 0.5) is 4.39 Å². The van der Waals surface area contributed by atoms with E-state index in [2.05, 4.69) is 10.2 Å². The lowest BCUT2D eigenvalue weighted by molar-refractivity contribution is 0.0531. The Hall–Kier alpha value is -2.62. The summed E-state index contributed by atoms with van der Waals surface area (Å²) >= 11 is 8.48. The molecule has 6 nitrogen and oxygen atoms in total. The predicted molar refractivity (Wildman–Crippen MR) is 117 cm³/mol. The van der Waals surface area contributed by atoms with Gasteiger partial charge in [-0.1, -0.05) is 41.6 Å². The van der Waals surface area contributed by atoms with Crippen LogP contribution >= 0.6 is 34.7 Å². The quantitative estimate of drug-likeness (QED) is 0.223. The highest BCUT2D eigenvalue weighted by molar-refractivity contribution is 7.98. The third-order valence-corrected chi connectivity index (χ3v) is 6.53. The number of benzene rings is 2. The number of ether oxygens (including phenoxy) is 2. The van der Waals surface area contributed by atoms with Crippen LogP contribution in [0.3, 0.4) is 0 Å². The number of aromatic nitrogens is 2. The molecule has 0 radical (unpaired) electrons. The van der Waals surface area contributed by atoms with Crippen molar-refractivity contribution in [2.24, 2.45) is 0 Å². The van der Waals surface area contributed by atoms with Crippen LogP contribution in [-0.4, -0.2) is 22.8 Å². The van der Waals surface area contributed by atoms with Crippen molar-refractivity contribution in [3.63, 3.8) is 0 Å². The maximum absolute atomic E-state index is 14.5. The maximum Gasteiger partial charge on any atom is 0.348 e. The molecule has 0 N–H and O–H groups in total. The molecule has 0 aliphatic heterocycles. The van der Waals surface area contributed by atoms with Crippen molar-refractivity contribution >= 4 is 50.8 Å². The van der Waals surface area contributed by atoms with Gasteiger partial charge in [0.15, 0.2) is 6.61 Å². The topological polar surface area (TPSA) is 74.5 Å². The van der Waals surface area contributed by atoms with Crippen molar-refractivity contribution < 1.29 is 23.1 Å². The fraction of sp³-hybridized carbons (Fsp3) is 0.190. The van der Waals surface area contributed by atoms with Crippen molar-refractivity contribution in [1.29, 1.82) is 0 Å². The molecule has 0 saturated heterocycles. The van der Waals surface area contributed by atoms with E-state index in [0.29, 0.717) is 31.3 Å². The second-order valence-corrected chi connectivity index (χ2v) is 8.60. The number of para-hydroxylation sites is 1. The molecule has 0 fully saturated rings. The number of fused-ring (bicyclic) bond motifs is 1. The smallest absolute Gasteiger partial charge is 0.348 e. The lowest BCUT2D eigenvalue weighted by atomic mass is 10.1. The van der Waals surface area contributed by atoms with Gasteiger partial charge >= 0.3 is 5.97 Å². The molecule has 4 aromatic rings. The monoisotopic (exact) mass is 478 g/mol. The zero-order chi connectivity index (χ0) is 21.8. The number of esters is 1. The summed E-state index contributed by atoms with van der Waals surface area (Å²) in [5.41, 5.74) is 0.550. The highest BCUT2D eigenvalue weighted by Gasteiger charge is 2.22. The molecule has 160 valence electrons. The van der Waals surface area contributed by atoms with Gasteiger partial charge in [-0.15, -0.1) is 21.5 Å². The van der Waals surface area contributed by atoms with Gasteiger partial charge in [0.2, 0.25) is 0 Å². The molecule has 0 aliphatic carbocycles. The number of nitrogens with zero attached hydrogens (tertiary/aromatic N) is 2. The second kappa shape index (κ2) is 9.67. The van der Waals surface area contributed by atoms with Gasteiger partial charge in [-0.05, 0) is 36.8 Å². The summed E-state index contributed by atoms with van der Waals surface area (Å²) in [6, 6.07) is 11.8. The van der Waals surface area contributed by atoms with E-state index in [1.54, 1.807) is 37.3 Å². The first-order chi connectivity index (χ1) is 15.1. The van der Waals surface area contributed by atoms with Gasteiger partial charge in [-0.25, -0.2) is 9.18 Å². The van der Waals surface area contributed by atoms with Crippen LogP contribution in [-0.2, 0) is 17.1 Å². The lowest BCUT2D eigenvalue weighted by Crippen LogP contribution is -2.05. The number of rotatable bonds is 8. The lowest BCUT2D eigenvalue weighted by Gasteiger charge is -2.04. The number of carbonyl (C=O) groups excluding carboxylic acids is 1. The van der Waals surface area contributed by atoms with Gasteiger partial charge < -0.3 is 13.9 Å². The molecule has 2 heterocycles. The number of hydrogen-bond acceptors (Lipinski definition) is 8. The summed E-state index contributed by atoms with van der Waals surface area (Å²) in [6.07, 6.45) is 0. The van der Waals surface area contributed by atoms with E-state index in [9.17, 15) is 9.18 Å². The first-order valence-corrected chi connectivity index (χ1v) is 11.4. The molecule has 0 aliphatic rings. The number of carbonyl (C=O) groups is 1. The average Bonchev–Trinajstić information content (AvgIpc) is 3.37. The van der Waals surface area contributed by atoms with E-state index in [-0.39, 0.29) is 35.9 Å². The number of thioether (sulfide) groups is 1. The standard InChI is InChI=1S/C21H16ClFN2O4S2/c1-2-27-20(26)19-12(18-14(23)7-5-9-16(18)31-19)11-30-21-25-24-17(29-21)10-28-15-8-4-3-6-13(15)22/h3-9H,2,10-11H2,1H3. The Kier molecular flexibility index (Phi) is 6.74. The largest absolute Gasteiger partial charge is 0.482 e. The molecule has 0 amide bonds. The Morgan fingerprint density at radius 2 is 2.06 bits per heavy atom. The third kappa shape index (κ3) is 4.84. The highest BCUT2D eigenvalue weighted by Crippen LogP contribution is 2.37. The predicted octanol–water partition coefficient (Wildman–Crippen LogP) is 6.12. The Morgan fingerprint density at radius 3 is 2.87 bits per heavy atom. The Labute approximate surface area is 190 Å². The summed E-state index contributed by atoms with van der Waals surface area (Å²) in [5, 5.41) is 9.12. The van der Waals surface area contributed by atoms with Crippen molar-refractivity contribution in [3.8, 4) is 5.75 Å². The molecular formula is C21H16ClFN2O4S2. The number of halogens is 2. The summed E-state index contributed by atoms with van der Waals surface area (Å²) in [5.74, 6) is 0.185. The maximum atomic E-state index is 14.5. The van der Waals surface area contributed by atoms with E-state index in [1.807, 2.05) is 6.07 Å². The van der Waals surface area contributed by atoms with Crippen LogP contribution in [0.2, 0.25) is 5.02 Å². The molecule has 2 aromatic carbocycles. The Balaban J connectivity index is 1.50. The summed E-state index contributed by atoms with van der Waals surface area (Å²) in [7, 11) is 0. The van der Waals surface area contributed by atoms with Crippen LogP contribution in [0.25, 0.3) is 10.1 Å². The minimum Gasteiger partial charge on any atom is -0.482 e. The zero-order valence-corrected chi connectivity index (χ0v) is 18.7. The molecule has 2 aromatic heterocycles. The van der Waals surface area contributed by atoms with E-state index >= 15 is 0 Å². The Bertz CT molecular complexity index is 1230. The number of hydrogen-bond donors (Lipinski definition) is 0. The first-order valence-electron chi connectivity index (χ1n) is 9.26. The molecular weight excluding hydrogens is 463 g/mol. The van der Waals surface area contributed by atoms with Gasteiger partial charge in [-0.2, -0.15) is 0 Å². The van der Waals surface area contributed by atoms with Crippen LogP contribution in [0, 0.1) is 5.82 Å². The van der Waals surface area contributed by atoms with Crippen LogP contribution < -0.4 is 4.74 Å². The molecule has 0 atom stereocenters. The van der Waals surface area contributed by atoms with Gasteiger partial charge in [-0.3, -0.25) is 0 Å². The molecule has 0 unspecified atom stereocenters. The van der Waals surface area contributed by atoms with Crippen molar-refractivity contribution in [1.82, 2.24) is 10.2 Å². The van der Waals surface area contributed by atoms with E-state index < -0.39 is 5.97 Å². The van der Waals surface area contributed by atoms with Crippen molar-refractivity contribution in [2.75, 3.05) is 6.61 Å². The summed E-state index contributed by atoms with van der Waals surface area (Å²) in [6.45, 7) is 2.02. The normalized spacial score (nSPS) is 11.1. The molecule has 0 spiro atoms. The summed E-state index contributed by atoms with van der Waals surface area (Å²) < 4.78 is 31.5. The van der Waals surface area contributed by atoms with Crippen molar-refractivity contribution in [2.45, 2.75) is 24.5 Å². The SMILES string of the molecule is CCOC(=O)c1sc2cccc(F)c2c1CSc1nnc(COc2ccccc2Cl)o1. The second-order valence-electron chi connectivity index (χ2n) is 6.21. The van der Waals surface area contributed by atoms with Crippen molar-refractivity contribution in [3.05, 3.63) is 69.6 Å². The van der Waals surface area contributed by atoms with Crippen LogP contribution in [0.5, 0.6) is 5.75 Å². The van der Waals surface area contributed by atoms with E-state index in [4.69, 9.17) is 25.5 Å². The van der Waals surface area contributed by atoms with E-state index in [1.165, 1.54) is 29.2 Å². The van der Waals surface area contributed by atoms with Gasteiger partial charge in [0.05, 0.1) is 11.6 Å². The minimum atomic E-state index is -0.474. The summed E-state index contributed by atoms with van der Waals surface area (Å²) in [4.78, 5) is 12.8. The van der Waals surface area contributed by atoms with Gasteiger partial charge in [0.1, 0.15) is 16.4 Å². The Morgan fingerprint density at radius 1 is 1.23 bits per heavy atom. The highest BCUT2D eigenvalue weighted by atomic mass is 35.5. The third-order valence-electron chi connectivity index (χ3n) is 4.20. The molecule has 31 heavy (non-hydrogen) atoms.